The summed E-state index contributed by atoms with van der Waals surface area (Å²) in [6, 6.07) is 3.82. The Balaban J connectivity index is 3.07. The normalized spacial score (nSPS) is 12.4. The lowest BCUT2D eigenvalue weighted by molar-refractivity contribution is 0.00648. The quantitative estimate of drug-likeness (QED) is 0.402. The maximum absolute atomic E-state index is 13.6. The molecular weight excluding hydrogens is 271 g/mol. The standard InChI is InChI=1S/C13H16ClFN2O2/c1-13(2,3)19-12(18)9-6-8(4-5-10(9)15)17-11(16)7-14/h4-6H,7H2,1-3H3,(H2,16,17). The summed E-state index contributed by atoms with van der Waals surface area (Å²) < 4.78 is 18.7. The van der Waals surface area contributed by atoms with Crippen molar-refractivity contribution in [1.82, 2.24) is 0 Å². The zero-order valence-corrected chi connectivity index (χ0v) is 11.8. The molecule has 0 aliphatic carbocycles. The molecule has 1 aromatic rings. The molecule has 0 bridgehead atoms. The highest BCUT2D eigenvalue weighted by molar-refractivity contribution is 6.28. The summed E-state index contributed by atoms with van der Waals surface area (Å²) in [6.45, 7) is 5.11. The predicted octanol–water partition coefficient (Wildman–Crippen LogP) is 3.01. The van der Waals surface area contributed by atoms with Crippen LogP contribution in [0.1, 0.15) is 31.1 Å². The number of benzene rings is 1. The van der Waals surface area contributed by atoms with Gasteiger partial charge in [0.05, 0.1) is 17.1 Å². The Bertz CT molecular complexity index is 510. The van der Waals surface area contributed by atoms with Crippen LogP contribution in [0.15, 0.2) is 23.2 Å². The minimum absolute atomic E-state index is 0.0547. The fourth-order valence-electron chi connectivity index (χ4n) is 1.27. The molecular formula is C13H16ClFN2O2. The first-order valence-corrected chi connectivity index (χ1v) is 6.18. The monoisotopic (exact) mass is 286 g/mol. The highest BCUT2D eigenvalue weighted by atomic mass is 35.5. The minimum atomic E-state index is -0.744. The van der Waals surface area contributed by atoms with E-state index in [0.29, 0.717) is 5.69 Å². The fourth-order valence-corrected chi connectivity index (χ4v) is 1.33. The van der Waals surface area contributed by atoms with Crippen molar-refractivity contribution < 1.29 is 13.9 Å². The van der Waals surface area contributed by atoms with E-state index in [4.69, 9.17) is 22.1 Å². The number of hydrogen-bond donors (Lipinski definition) is 1. The molecule has 0 fully saturated rings. The van der Waals surface area contributed by atoms with Crippen LogP contribution >= 0.6 is 11.6 Å². The first-order chi connectivity index (χ1) is 8.73. The third-order valence-electron chi connectivity index (χ3n) is 1.98. The van der Waals surface area contributed by atoms with Crippen LogP contribution in [-0.2, 0) is 4.74 Å². The maximum atomic E-state index is 13.6. The van der Waals surface area contributed by atoms with Crippen LogP contribution in [0.3, 0.4) is 0 Å². The average molecular weight is 287 g/mol. The second-order valence-electron chi connectivity index (χ2n) is 4.90. The van der Waals surface area contributed by atoms with Crippen molar-refractivity contribution in [2.24, 2.45) is 10.7 Å². The number of halogens is 2. The van der Waals surface area contributed by atoms with Gasteiger partial charge in [0.1, 0.15) is 17.3 Å². The molecule has 0 saturated carbocycles. The minimum Gasteiger partial charge on any atom is -0.456 e. The molecule has 0 amide bonds. The van der Waals surface area contributed by atoms with E-state index in [2.05, 4.69) is 4.99 Å². The molecule has 2 N–H and O–H groups in total. The molecule has 0 aliphatic heterocycles. The van der Waals surface area contributed by atoms with E-state index in [0.717, 1.165) is 6.07 Å². The molecule has 0 radical (unpaired) electrons. The molecule has 1 aromatic carbocycles. The van der Waals surface area contributed by atoms with E-state index in [1.165, 1.54) is 12.1 Å². The van der Waals surface area contributed by atoms with Gasteiger partial charge in [-0.05, 0) is 39.0 Å². The third-order valence-corrected chi connectivity index (χ3v) is 2.25. The van der Waals surface area contributed by atoms with Crippen LogP contribution < -0.4 is 5.73 Å². The summed E-state index contributed by atoms with van der Waals surface area (Å²) in [6.07, 6.45) is 0. The maximum Gasteiger partial charge on any atom is 0.341 e. The van der Waals surface area contributed by atoms with Gasteiger partial charge in [-0.1, -0.05) is 0 Å². The van der Waals surface area contributed by atoms with Gasteiger partial charge in [-0.2, -0.15) is 0 Å². The van der Waals surface area contributed by atoms with Crippen LogP contribution in [0.5, 0.6) is 0 Å². The van der Waals surface area contributed by atoms with Crippen molar-refractivity contribution in [2.45, 2.75) is 26.4 Å². The van der Waals surface area contributed by atoms with Gasteiger partial charge < -0.3 is 10.5 Å². The highest BCUT2D eigenvalue weighted by Crippen LogP contribution is 2.20. The van der Waals surface area contributed by atoms with Gasteiger partial charge in [0, 0.05) is 0 Å². The summed E-state index contributed by atoms with van der Waals surface area (Å²) in [4.78, 5) is 15.8. The number of hydrogen-bond acceptors (Lipinski definition) is 3. The van der Waals surface area contributed by atoms with Gasteiger partial charge in [-0.15, -0.1) is 11.6 Å². The van der Waals surface area contributed by atoms with Crippen molar-refractivity contribution in [3.05, 3.63) is 29.6 Å². The van der Waals surface area contributed by atoms with E-state index in [-0.39, 0.29) is 17.3 Å². The molecule has 4 nitrogen and oxygen atoms in total. The van der Waals surface area contributed by atoms with E-state index >= 15 is 0 Å². The van der Waals surface area contributed by atoms with Crippen molar-refractivity contribution in [3.8, 4) is 0 Å². The van der Waals surface area contributed by atoms with Crippen LogP contribution in [0.2, 0.25) is 0 Å². The molecule has 6 heteroatoms. The zero-order chi connectivity index (χ0) is 14.6. The lowest BCUT2D eigenvalue weighted by Crippen LogP contribution is -2.24. The summed E-state index contributed by atoms with van der Waals surface area (Å²) in [5, 5.41) is 0. The van der Waals surface area contributed by atoms with Gasteiger partial charge in [0.15, 0.2) is 0 Å². The number of esters is 1. The number of amidine groups is 1. The number of rotatable bonds is 3. The van der Waals surface area contributed by atoms with Crippen molar-refractivity contribution in [2.75, 3.05) is 5.88 Å². The number of alkyl halides is 1. The molecule has 0 aliphatic rings. The van der Waals surface area contributed by atoms with Crippen molar-refractivity contribution in [1.29, 1.82) is 0 Å². The predicted molar refractivity (Wildman–Crippen MR) is 73.6 cm³/mol. The number of ether oxygens (including phenoxy) is 1. The van der Waals surface area contributed by atoms with E-state index in [1.54, 1.807) is 20.8 Å². The van der Waals surface area contributed by atoms with E-state index in [9.17, 15) is 9.18 Å². The second kappa shape index (κ2) is 6.02. The first kappa shape index (κ1) is 15.4. The number of nitrogens with two attached hydrogens (primary N) is 1. The molecule has 104 valence electrons. The Morgan fingerprint density at radius 1 is 1.47 bits per heavy atom. The number of carbonyl (C=O) groups is 1. The van der Waals surface area contributed by atoms with Gasteiger partial charge in [-0.25, -0.2) is 14.2 Å². The van der Waals surface area contributed by atoms with Crippen molar-refractivity contribution >= 4 is 29.1 Å². The van der Waals surface area contributed by atoms with Gasteiger partial charge >= 0.3 is 5.97 Å². The second-order valence-corrected chi connectivity index (χ2v) is 5.17. The Morgan fingerprint density at radius 2 is 2.11 bits per heavy atom. The molecule has 0 aromatic heterocycles. The van der Waals surface area contributed by atoms with Gasteiger partial charge in [0.2, 0.25) is 0 Å². The fraction of sp³-hybridized carbons (Fsp3) is 0.385. The molecule has 19 heavy (non-hydrogen) atoms. The SMILES string of the molecule is CC(C)(C)OC(=O)c1cc(N=C(N)CCl)ccc1F. The summed E-state index contributed by atoms with van der Waals surface area (Å²) in [7, 11) is 0. The largest absolute Gasteiger partial charge is 0.456 e. The van der Waals surface area contributed by atoms with E-state index < -0.39 is 17.4 Å². The lowest BCUT2D eigenvalue weighted by atomic mass is 10.1. The Morgan fingerprint density at radius 3 is 2.63 bits per heavy atom. The molecule has 0 saturated heterocycles. The number of nitrogens with zero attached hydrogens (tertiary/aromatic N) is 1. The van der Waals surface area contributed by atoms with Gasteiger partial charge in [-0.3, -0.25) is 0 Å². The lowest BCUT2D eigenvalue weighted by Gasteiger charge is -2.19. The Labute approximate surface area is 116 Å². The van der Waals surface area contributed by atoms with Crippen LogP contribution in [-0.4, -0.2) is 23.3 Å². The number of carbonyl (C=O) groups excluding carboxylic acids is 1. The highest BCUT2D eigenvalue weighted by Gasteiger charge is 2.21. The topological polar surface area (TPSA) is 64.7 Å². The summed E-state index contributed by atoms with van der Waals surface area (Å²) >= 11 is 5.50. The first-order valence-electron chi connectivity index (χ1n) is 5.65. The molecule has 0 unspecified atom stereocenters. The van der Waals surface area contributed by atoms with Crippen LogP contribution in [0.25, 0.3) is 0 Å². The zero-order valence-electron chi connectivity index (χ0n) is 11.0. The smallest absolute Gasteiger partial charge is 0.341 e. The Kier molecular flexibility index (Phi) is 4.89. The van der Waals surface area contributed by atoms with Crippen molar-refractivity contribution in [3.63, 3.8) is 0 Å². The summed E-state index contributed by atoms with van der Waals surface area (Å²) in [5.41, 5.74) is 4.95. The van der Waals surface area contributed by atoms with Crippen LogP contribution in [0, 0.1) is 5.82 Å². The Hall–Kier alpha value is -1.62. The molecule has 0 spiro atoms. The van der Waals surface area contributed by atoms with Gasteiger partial charge in [0.25, 0.3) is 0 Å². The third kappa shape index (κ3) is 4.87. The average Bonchev–Trinajstić information content (AvgIpc) is 2.29. The van der Waals surface area contributed by atoms with Crippen LogP contribution in [0.4, 0.5) is 10.1 Å². The van der Waals surface area contributed by atoms with E-state index in [1.807, 2.05) is 0 Å². The molecule has 0 heterocycles. The number of aliphatic imine (C=N–C) groups is 1. The summed E-state index contributed by atoms with van der Waals surface area (Å²) in [5.74, 6) is -1.17. The molecule has 0 atom stereocenters. The molecule has 1 rings (SSSR count).